The highest BCUT2D eigenvalue weighted by molar-refractivity contribution is 5.88. The Kier molecular flexibility index (Phi) is 5.37. The number of aryl methyl sites for hydroxylation is 2. The predicted octanol–water partition coefficient (Wildman–Crippen LogP) is 0.926. The van der Waals surface area contributed by atoms with E-state index in [0.29, 0.717) is 19.6 Å². The molecule has 0 bridgehead atoms. The molecule has 1 fully saturated rings. The summed E-state index contributed by atoms with van der Waals surface area (Å²) in [4.78, 5) is 26.3. The number of aromatic nitrogens is 2. The largest absolute Gasteiger partial charge is 0.359 e. The summed E-state index contributed by atoms with van der Waals surface area (Å²) in [5.41, 5.74) is 4.45. The van der Waals surface area contributed by atoms with E-state index in [9.17, 15) is 9.59 Å². The third kappa shape index (κ3) is 3.77. The van der Waals surface area contributed by atoms with Crippen molar-refractivity contribution in [3.05, 3.63) is 47.3 Å². The maximum absolute atomic E-state index is 12.3. The quantitative estimate of drug-likeness (QED) is 0.836. The first kappa shape index (κ1) is 18.1. The smallest absolute Gasteiger partial charge is 0.237 e. The van der Waals surface area contributed by atoms with Crippen molar-refractivity contribution in [3.8, 4) is 5.69 Å². The van der Waals surface area contributed by atoms with Gasteiger partial charge in [-0.3, -0.25) is 14.5 Å². The Morgan fingerprint density at radius 3 is 2.88 bits per heavy atom. The summed E-state index contributed by atoms with van der Waals surface area (Å²) < 4.78 is 1.85. The standard InChI is InChI=1S/C19H25N5O2/c1-13-9-14(2)15(16(10-13)24-7-4-5-22-24)12-23-8-6-21-19(26)17(23)11-18(25)20-3/h4-5,7,9-10,17H,6,8,11-12H2,1-3H3,(H,20,25)(H,21,26)/t17-/m0/s1. The van der Waals surface area contributed by atoms with Crippen LogP contribution in [-0.2, 0) is 16.1 Å². The van der Waals surface area contributed by atoms with E-state index in [1.165, 1.54) is 0 Å². The Balaban J connectivity index is 1.94. The van der Waals surface area contributed by atoms with Gasteiger partial charge in [0.1, 0.15) is 0 Å². The Bertz CT molecular complexity index is 801. The summed E-state index contributed by atoms with van der Waals surface area (Å²) in [6, 6.07) is 5.67. The number of hydrogen-bond acceptors (Lipinski definition) is 4. The molecule has 1 saturated heterocycles. The van der Waals surface area contributed by atoms with E-state index < -0.39 is 6.04 Å². The lowest BCUT2D eigenvalue weighted by molar-refractivity contribution is -0.134. The molecule has 26 heavy (non-hydrogen) atoms. The van der Waals surface area contributed by atoms with Crippen molar-refractivity contribution >= 4 is 11.8 Å². The zero-order valence-electron chi connectivity index (χ0n) is 15.5. The van der Waals surface area contributed by atoms with Crippen LogP contribution in [-0.4, -0.2) is 52.7 Å². The van der Waals surface area contributed by atoms with Gasteiger partial charge in [0.25, 0.3) is 0 Å². The minimum absolute atomic E-state index is 0.0924. The average molecular weight is 355 g/mol. The molecular formula is C19H25N5O2. The molecule has 2 heterocycles. The molecule has 1 aromatic carbocycles. The molecule has 2 aromatic rings. The van der Waals surface area contributed by atoms with E-state index in [1.54, 1.807) is 13.2 Å². The van der Waals surface area contributed by atoms with Gasteiger partial charge in [0.2, 0.25) is 11.8 Å². The fourth-order valence-electron chi connectivity index (χ4n) is 3.45. The molecule has 7 nitrogen and oxygen atoms in total. The fraction of sp³-hybridized carbons (Fsp3) is 0.421. The summed E-state index contributed by atoms with van der Waals surface area (Å²) >= 11 is 0. The van der Waals surface area contributed by atoms with Gasteiger partial charge in [-0.1, -0.05) is 6.07 Å². The number of amides is 2. The first-order valence-electron chi connectivity index (χ1n) is 8.82. The lowest BCUT2D eigenvalue weighted by atomic mass is 10.0. The first-order valence-corrected chi connectivity index (χ1v) is 8.82. The molecule has 0 unspecified atom stereocenters. The summed E-state index contributed by atoms with van der Waals surface area (Å²) in [6.07, 6.45) is 3.83. The molecule has 3 rings (SSSR count). The Morgan fingerprint density at radius 2 is 2.19 bits per heavy atom. The number of hydrogen-bond donors (Lipinski definition) is 2. The summed E-state index contributed by atoms with van der Waals surface area (Å²) in [6.45, 7) is 6.03. The van der Waals surface area contributed by atoms with Crippen LogP contribution in [0, 0.1) is 13.8 Å². The zero-order chi connectivity index (χ0) is 18.7. The Labute approximate surface area is 153 Å². The maximum atomic E-state index is 12.3. The van der Waals surface area contributed by atoms with Gasteiger partial charge in [-0.25, -0.2) is 4.68 Å². The third-order valence-electron chi connectivity index (χ3n) is 4.81. The van der Waals surface area contributed by atoms with Gasteiger partial charge in [-0.15, -0.1) is 0 Å². The first-order chi connectivity index (χ1) is 12.5. The minimum Gasteiger partial charge on any atom is -0.359 e. The topological polar surface area (TPSA) is 79.3 Å². The van der Waals surface area contributed by atoms with E-state index in [-0.39, 0.29) is 18.2 Å². The van der Waals surface area contributed by atoms with Gasteiger partial charge >= 0.3 is 0 Å². The Hall–Kier alpha value is -2.67. The second kappa shape index (κ2) is 7.70. The highest BCUT2D eigenvalue weighted by Gasteiger charge is 2.32. The highest BCUT2D eigenvalue weighted by Crippen LogP contribution is 2.24. The molecule has 138 valence electrons. The van der Waals surface area contributed by atoms with E-state index in [2.05, 4.69) is 46.6 Å². The van der Waals surface area contributed by atoms with E-state index in [0.717, 1.165) is 22.4 Å². The van der Waals surface area contributed by atoms with Crippen LogP contribution in [0.2, 0.25) is 0 Å². The van der Waals surface area contributed by atoms with Crippen molar-refractivity contribution in [2.24, 2.45) is 0 Å². The van der Waals surface area contributed by atoms with Gasteiger partial charge in [0.05, 0.1) is 18.2 Å². The third-order valence-corrected chi connectivity index (χ3v) is 4.81. The van der Waals surface area contributed by atoms with Crippen LogP contribution in [0.25, 0.3) is 5.69 Å². The van der Waals surface area contributed by atoms with Crippen LogP contribution < -0.4 is 10.6 Å². The number of nitrogens with zero attached hydrogens (tertiary/aromatic N) is 3. The molecular weight excluding hydrogens is 330 g/mol. The van der Waals surface area contributed by atoms with Crippen molar-refractivity contribution in [2.75, 3.05) is 20.1 Å². The van der Waals surface area contributed by atoms with Crippen LogP contribution in [0.15, 0.2) is 30.6 Å². The second-order valence-electron chi connectivity index (χ2n) is 6.68. The average Bonchev–Trinajstić information content (AvgIpc) is 3.14. The molecule has 1 atom stereocenters. The zero-order valence-corrected chi connectivity index (χ0v) is 15.5. The molecule has 0 aliphatic carbocycles. The molecule has 0 saturated carbocycles. The molecule has 0 spiro atoms. The molecule has 1 aromatic heterocycles. The minimum atomic E-state index is -0.463. The van der Waals surface area contributed by atoms with Crippen LogP contribution in [0.1, 0.15) is 23.1 Å². The molecule has 2 amide bonds. The van der Waals surface area contributed by atoms with Gasteiger partial charge in [0.15, 0.2) is 0 Å². The SMILES string of the molecule is CNC(=O)C[C@H]1C(=O)NCCN1Cc1c(C)cc(C)cc1-n1cccn1. The normalized spacial score (nSPS) is 17.8. The Morgan fingerprint density at radius 1 is 1.38 bits per heavy atom. The van der Waals surface area contributed by atoms with Gasteiger partial charge in [-0.2, -0.15) is 5.10 Å². The highest BCUT2D eigenvalue weighted by atomic mass is 16.2. The van der Waals surface area contributed by atoms with Crippen LogP contribution >= 0.6 is 0 Å². The van der Waals surface area contributed by atoms with Crippen LogP contribution in [0.4, 0.5) is 0 Å². The predicted molar refractivity (Wildman–Crippen MR) is 98.9 cm³/mol. The van der Waals surface area contributed by atoms with Crippen LogP contribution in [0.3, 0.4) is 0 Å². The summed E-state index contributed by atoms with van der Waals surface area (Å²) in [5, 5.41) is 9.85. The van der Waals surface area contributed by atoms with Crippen molar-refractivity contribution in [3.63, 3.8) is 0 Å². The van der Waals surface area contributed by atoms with Gasteiger partial charge in [-0.05, 0) is 42.7 Å². The lowest BCUT2D eigenvalue weighted by Crippen LogP contribution is -2.56. The van der Waals surface area contributed by atoms with Gasteiger partial charge < -0.3 is 10.6 Å². The van der Waals surface area contributed by atoms with E-state index >= 15 is 0 Å². The van der Waals surface area contributed by atoms with Crippen molar-refractivity contribution in [2.45, 2.75) is 32.9 Å². The lowest BCUT2D eigenvalue weighted by Gasteiger charge is -2.35. The summed E-state index contributed by atoms with van der Waals surface area (Å²) in [5.74, 6) is -0.227. The molecule has 0 radical (unpaired) electrons. The number of rotatable bonds is 5. The van der Waals surface area contributed by atoms with E-state index in [1.807, 2.05) is 16.9 Å². The van der Waals surface area contributed by atoms with Crippen molar-refractivity contribution in [1.29, 1.82) is 0 Å². The van der Waals surface area contributed by atoms with Crippen molar-refractivity contribution < 1.29 is 9.59 Å². The molecule has 1 aliphatic rings. The van der Waals surface area contributed by atoms with E-state index in [4.69, 9.17) is 0 Å². The van der Waals surface area contributed by atoms with Crippen LogP contribution in [0.5, 0.6) is 0 Å². The maximum Gasteiger partial charge on any atom is 0.237 e. The number of nitrogens with one attached hydrogen (secondary N) is 2. The number of piperazine rings is 1. The molecule has 1 aliphatic heterocycles. The second-order valence-corrected chi connectivity index (χ2v) is 6.68. The fourth-order valence-corrected chi connectivity index (χ4v) is 3.45. The monoisotopic (exact) mass is 355 g/mol. The molecule has 2 N–H and O–H groups in total. The summed E-state index contributed by atoms with van der Waals surface area (Å²) in [7, 11) is 1.59. The van der Waals surface area contributed by atoms with Crippen molar-refractivity contribution in [1.82, 2.24) is 25.3 Å². The molecule has 7 heteroatoms. The number of benzene rings is 1. The number of carbonyl (C=O) groups is 2. The number of carbonyl (C=O) groups excluding carboxylic acids is 2. The van der Waals surface area contributed by atoms with Gasteiger partial charge in [0, 0.05) is 39.1 Å².